The van der Waals surface area contributed by atoms with Gasteiger partial charge in [0.1, 0.15) is 12.4 Å². The lowest BCUT2D eigenvalue weighted by molar-refractivity contribution is 0.0700. The van der Waals surface area contributed by atoms with Gasteiger partial charge in [-0.2, -0.15) is 0 Å². The molecular weight excluding hydrogens is 504 g/mol. The van der Waals surface area contributed by atoms with Gasteiger partial charge in [0, 0.05) is 12.6 Å². The smallest absolute Gasteiger partial charge is 0.404 e. The highest BCUT2D eigenvalue weighted by molar-refractivity contribution is 6.33. The Balaban J connectivity index is 1.37. The standard InChI is InChI=1S/C29H33ClN4O4/c1-37-27-16-25(31)24(30)15-23(27)28(35)33-17-19-11-13-34(14-12-19)26(18-38-29(32)36)22-9-7-21(8-10-22)20-5-3-2-4-6-20/h2-10,15-16,19,26H,11-14,17-18,31H2,1H3,(H2,32,36)(H,33,35). The van der Waals surface area contributed by atoms with E-state index in [0.717, 1.165) is 42.6 Å². The van der Waals surface area contributed by atoms with Gasteiger partial charge in [-0.15, -0.1) is 0 Å². The average Bonchev–Trinajstić information content (AvgIpc) is 2.94. The fourth-order valence-electron chi connectivity index (χ4n) is 4.82. The molecule has 0 aromatic heterocycles. The van der Waals surface area contributed by atoms with Gasteiger partial charge in [0.05, 0.1) is 29.4 Å². The first-order valence-corrected chi connectivity index (χ1v) is 13.0. The van der Waals surface area contributed by atoms with Gasteiger partial charge < -0.3 is 26.3 Å². The van der Waals surface area contributed by atoms with E-state index in [9.17, 15) is 9.59 Å². The van der Waals surface area contributed by atoms with Crippen molar-refractivity contribution in [1.29, 1.82) is 0 Å². The number of halogens is 1. The van der Waals surface area contributed by atoms with Crippen molar-refractivity contribution in [2.45, 2.75) is 18.9 Å². The molecule has 1 saturated heterocycles. The number of hydrogen-bond acceptors (Lipinski definition) is 6. The van der Waals surface area contributed by atoms with E-state index in [-0.39, 0.29) is 18.6 Å². The van der Waals surface area contributed by atoms with E-state index in [1.807, 2.05) is 18.2 Å². The molecule has 1 aliphatic heterocycles. The number of ether oxygens (including phenoxy) is 2. The molecule has 1 unspecified atom stereocenters. The van der Waals surface area contributed by atoms with E-state index in [2.05, 4.69) is 46.6 Å². The number of carbonyl (C=O) groups excluding carboxylic acids is 2. The number of amides is 2. The van der Waals surface area contributed by atoms with E-state index in [1.165, 1.54) is 13.2 Å². The molecule has 8 nitrogen and oxygen atoms in total. The lowest BCUT2D eigenvalue weighted by Crippen LogP contribution is -2.42. The van der Waals surface area contributed by atoms with Crippen LogP contribution < -0.4 is 21.5 Å². The number of rotatable bonds is 9. The molecule has 1 aliphatic rings. The lowest BCUT2D eigenvalue weighted by atomic mass is 9.93. The molecule has 5 N–H and O–H groups in total. The number of primary amides is 1. The van der Waals surface area contributed by atoms with Gasteiger partial charge in [0.2, 0.25) is 0 Å². The number of anilines is 1. The van der Waals surface area contributed by atoms with Crippen molar-refractivity contribution < 1.29 is 19.1 Å². The number of likely N-dealkylation sites (tertiary alicyclic amines) is 1. The summed E-state index contributed by atoms with van der Waals surface area (Å²) in [4.78, 5) is 26.5. The molecule has 200 valence electrons. The van der Waals surface area contributed by atoms with Crippen molar-refractivity contribution in [2.24, 2.45) is 11.7 Å². The van der Waals surface area contributed by atoms with Crippen LogP contribution in [0.3, 0.4) is 0 Å². The number of nitrogens with two attached hydrogens (primary N) is 2. The minimum absolute atomic E-state index is 0.107. The summed E-state index contributed by atoms with van der Waals surface area (Å²) in [5.74, 6) is 0.441. The maximum absolute atomic E-state index is 12.8. The topological polar surface area (TPSA) is 120 Å². The van der Waals surface area contributed by atoms with Crippen LogP contribution in [0.15, 0.2) is 66.7 Å². The molecule has 1 heterocycles. The van der Waals surface area contributed by atoms with E-state index < -0.39 is 6.09 Å². The summed E-state index contributed by atoms with van der Waals surface area (Å²) < 4.78 is 10.5. The van der Waals surface area contributed by atoms with Gasteiger partial charge in [-0.1, -0.05) is 66.2 Å². The Kier molecular flexibility index (Phi) is 9.10. The molecule has 4 rings (SSSR count). The zero-order valence-corrected chi connectivity index (χ0v) is 22.1. The van der Waals surface area contributed by atoms with Crippen molar-refractivity contribution in [3.05, 3.63) is 82.9 Å². The maximum atomic E-state index is 12.8. The summed E-state index contributed by atoms with van der Waals surface area (Å²) in [6.45, 7) is 2.31. The van der Waals surface area contributed by atoms with Gasteiger partial charge in [-0.05, 0) is 54.6 Å². The van der Waals surface area contributed by atoms with Crippen LogP contribution in [0.1, 0.15) is 34.8 Å². The molecule has 2 amide bonds. The van der Waals surface area contributed by atoms with Crippen LogP contribution in [0, 0.1) is 5.92 Å². The van der Waals surface area contributed by atoms with Gasteiger partial charge in [0.15, 0.2) is 0 Å². The number of benzene rings is 3. The van der Waals surface area contributed by atoms with Crippen molar-refractivity contribution in [1.82, 2.24) is 10.2 Å². The molecule has 1 atom stereocenters. The zero-order chi connectivity index (χ0) is 27.1. The van der Waals surface area contributed by atoms with Crippen molar-refractivity contribution in [3.8, 4) is 16.9 Å². The number of carbonyl (C=O) groups is 2. The fraction of sp³-hybridized carbons (Fsp3) is 0.310. The Morgan fingerprint density at radius 1 is 1.05 bits per heavy atom. The third kappa shape index (κ3) is 6.76. The number of nitrogen functional groups attached to an aromatic ring is 1. The summed E-state index contributed by atoms with van der Waals surface area (Å²) in [6, 6.07) is 21.5. The quantitative estimate of drug-likeness (QED) is 0.335. The van der Waals surface area contributed by atoms with Gasteiger partial charge in [0.25, 0.3) is 5.91 Å². The van der Waals surface area contributed by atoms with Gasteiger partial charge in [-0.3, -0.25) is 9.69 Å². The average molecular weight is 537 g/mol. The molecule has 1 fully saturated rings. The highest BCUT2D eigenvalue weighted by atomic mass is 35.5. The highest BCUT2D eigenvalue weighted by Crippen LogP contribution is 2.31. The Hall–Kier alpha value is -3.75. The molecule has 38 heavy (non-hydrogen) atoms. The minimum Gasteiger partial charge on any atom is -0.496 e. The van der Waals surface area contributed by atoms with E-state index in [4.69, 9.17) is 32.5 Å². The van der Waals surface area contributed by atoms with Crippen molar-refractivity contribution in [2.75, 3.05) is 39.1 Å². The van der Waals surface area contributed by atoms with Crippen LogP contribution in [0.2, 0.25) is 5.02 Å². The monoisotopic (exact) mass is 536 g/mol. The molecule has 0 saturated carbocycles. The largest absolute Gasteiger partial charge is 0.496 e. The number of nitrogens with zero attached hydrogens (tertiary/aromatic N) is 1. The number of hydrogen-bond donors (Lipinski definition) is 3. The number of nitrogens with one attached hydrogen (secondary N) is 1. The molecule has 9 heteroatoms. The second-order valence-electron chi connectivity index (χ2n) is 9.40. The Morgan fingerprint density at radius 2 is 1.71 bits per heavy atom. The molecule has 0 spiro atoms. The van der Waals surface area contributed by atoms with E-state index >= 15 is 0 Å². The second kappa shape index (κ2) is 12.7. The summed E-state index contributed by atoms with van der Waals surface area (Å²) in [5.41, 5.74) is 15.1. The van der Waals surface area contributed by atoms with Crippen LogP contribution in [-0.2, 0) is 4.74 Å². The van der Waals surface area contributed by atoms with E-state index in [1.54, 1.807) is 6.07 Å². The second-order valence-corrected chi connectivity index (χ2v) is 9.80. The minimum atomic E-state index is -0.785. The molecule has 0 aliphatic carbocycles. The first-order chi connectivity index (χ1) is 18.4. The predicted molar refractivity (Wildman–Crippen MR) is 149 cm³/mol. The first-order valence-electron chi connectivity index (χ1n) is 12.6. The molecule has 3 aromatic rings. The summed E-state index contributed by atoms with van der Waals surface area (Å²) in [6.07, 6.45) is 0.983. The summed E-state index contributed by atoms with van der Waals surface area (Å²) >= 11 is 6.11. The van der Waals surface area contributed by atoms with Crippen LogP contribution in [0.5, 0.6) is 5.75 Å². The molecule has 0 radical (unpaired) electrons. The third-order valence-corrected chi connectivity index (χ3v) is 7.32. The van der Waals surface area contributed by atoms with Crippen LogP contribution >= 0.6 is 11.6 Å². The highest BCUT2D eigenvalue weighted by Gasteiger charge is 2.28. The van der Waals surface area contributed by atoms with Gasteiger partial charge in [-0.25, -0.2) is 4.79 Å². The fourth-order valence-corrected chi connectivity index (χ4v) is 4.98. The summed E-state index contributed by atoms with van der Waals surface area (Å²) in [5, 5.41) is 3.32. The Bertz CT molecular complexity index is 1250. The van der Waals surface area contributed by atoms with Crippen molar-refractivity contribution in [3.63, 3.8) is 0 Å². The number of piperidine rings is 1. The zero-order valence-electron chi connectivity index (χ0n) is 21.4. The lowest BCUT2D eigenvalue weighted by Gasteiger charge is -2.37. The number of methoxy groups -OCH3 is 1. The van der Waals surface area contributed by atoms with Crippen LogP contribution in [-0.4, -0.2) is 50.3 Å². The Morgan fingerprint density at radius 3 is 2.34 bits per heavy atom. The predicted octanol–water partition coefficient (Wildman–Crippen LogP) is 4.88. The van der Waals surface area contributed by atoms with E-state index in [0.29, 0.717) is 34.5 Å². The van der Waals surface area contributed by atoms with Crippen molar-refractivity contribution >= 4 is 29.3 Å². The normalized spacial score (nSPS) is 15.0. The Labute approximate surface area is 227 Å². The van der Waals surface area contributed by atoms with Gasteiger partial charge >= 0.3 is 6.09 Å². The molecule has 3 aromatic carbocycles. The molecule has 0 bridgehead atoms. The third-order valence-electron chi connectivity index (χ3n) is 6.99. The van der Waals surface area contributed by atoms with Crippen LogP contribution in [0.4, 0.5) is 10.5 Å². The van der Waals surface area contributed by atoms with Crippen LogP contribution in [0.25, 0.3) is 11.1 Å². The first kappa shape index (κ1) is 27.3. The maximum Gasteiger partial charge on any atom is 0.404 e. The summed E-state index contributed by atoms with van der Waals surface area (Å²) in [7, 11) is 1.49. The molecular formula is C29H33ClN4O4. The SMILES string of the molecule is COc1cc(N)c(Cl)cc1C(=O)NCC1CCN(C(COC(N)=O)c2ccc(-c3ccccc3)cc2)CC1.